The van der Waals surface area contributed by atoms with Crippen LogP contribution >= 0.6 is 22.6 Å². The molecule has 1 fully saturated rings. The minimum absolute atomic E-state index is 0.236. The van der Waals surface area contributed by atoms with Crippen LogP contribution in [-0.2, 0) is 0 Å². The van der Waals surface area contributed by atoms with Gasteiger partial charge in [-0.1, -0.05) is 0 Å². The molecule has 1 aliphatic rings. The lowest BCUT2D eigenvalue weighted by atomic mass is 10.1. The zero-order chi connectivity index (χ0) is 18.0. The van der Waals surface area contributed by atoms with Gasteiger partial charge in [0.05, 0.1) is 29.2 Å². The van der Waals surface area contributed by atoms with Crippen molar-refractivity contribution in [1.82, 2.24) is 15.2 Å². The lowest BCUT2D eigenvalue weighted by molar-refractivity contribution is 0.0768. The maximum atomic E-state index is 14.0. The minimum Gasteiger partial charge on any atom is -0.465 e. The van der Waals surface area contributed by atoms with Crippen LogP contribution in [0, 0.1) is 9.39 Å². The molecule has 1 saturated heterocycles. The highest BCUT2D eigenvalue weighted by atomic mass is 127. The Kier molecular flexibility index (Phi) is 5.02. The summed E-state index contributed by atoms with van der Waals surface area (Å²) in [6.07, 6.45) is 1.90. The largest absolute Gasteiger partial charge is 0.465 e. The summed E-state index contributed by atoms with van der Waals surface area (Å²) in [5.74, 6) is -0.802. The monoisotopic (exact) mass is 456 g/mol. The summed E-state index contributed by atoms with van der Waals surface area (Å²) in [6.45, 7) is 0.501. The maximum Gasteiger partial charge on any atom is 0.407 e. The first-order valence-electron chi connectivity index (χ1n) is 7.39. The quantitative estimate of drug-likeness (QED) is 0.616. The van der Waals surface area contributed by atoms with Crippen LogP contribution in [0.1, 0.15) is 10.4 Å². The zero-order valence-corrected chi connectivity index (χ0v) is 15.0. The van der Waals surface area contributed by atoms with Crippen molar-refractivity contribution in [1.29, 1.82) is 0 Å². The Bertz CT molecular complexity index is 827. The number of likely N-dealkylation sites (tertiary alicyclic amines) is 1. The molecule has 1 aromatic heterocycles. The molecule has 0 radical (unpaired) electrons. The van der Waals surface area contributed by atoms with Gasteiger partial charge in [-0.3, -0.25) is 9.78 Å². The van der Waals surface area contributed by atoms with Gasteiger partial charge in [-0.25, -0.2) is 9.18 Å². The van der Waals surface area contributed by atoms with Crippen LogP contribution in [0.25, 0.3) is 0 Å². The summed E-state index contributed by atoms with van der Waals surface area (Å²) in [5.41, 5.74) is 0.916. The number of hydrogen-bond donors (Lipinski definition) is 3. The number of nitrogens with zero attached hydrogens (tertiary/aromatic N) is 2. The lowest BCUT2D eigenvalue weighted by Gasteiger charge is -2.37. The van der Waals surface area contributed by atoms with E-state index >= 15 is 0 Å². The van der Waals surface area contributed by atoms with E-state index in [0.717, 1.165) is 3.57 Å². The zero-order valence-electron chi connectivity index (χ0n) is 12.9. The third-order valence-electron chi connectivity index (χ3n) is 3.75. The van der Waals surface area contributed by atoms with E-state index in [1.807, 2.05) is 22.6 Å². The van der Waals surface area contributed by atoms with Crippen LogP contribution in [-0.4, -0.2) is 46.1 Å². The van der Waals surface area contributed by atoms with Crippen molar-refractivity contribution in [3.05, 3.63) is 51.6 Å². The number of pyridine rings is 1. The van der Waals surface area contributed by atoms with Gasteiger partial charge >= 0.3 is 6.09 Å². The first kappa shape index (κ1) is 17.4. The van der Waals surface area contributed by atoms with E-state index in [9.17, 15) is 14.0 Å². The normalized spacial score (nSPS) is 13.9. The highest BCUT2D eigenvalue weighted by Gasteiger charge is 2.32. The highest BCUT2D eigenvalue weighted by Crippen LogP contribution is 2.24. The number of aromatic nitrogens is 1. The minimum atomic E-state index is -1.01. The van der Waals surface area contributed by atoms with Gasteiger partial charge in [0.2, 0.25) is 0 Å². The van der Waals surface area contributed by atoms with Gasteiger partial charge in [0.1, 0.15) is 5.82 Å². The Hall–Kier alpha value is -2.43. The van der Waals surface area contributed by atoms with Gasteiger partial charge < -0.3 is 20.6 Å². The molecule has 1 aliphatic heterocycles. The molecular weight excluding hydrogens is 442 g/mol. The third-order valence-corrected chi connectivity index (χ3v) is 4.42. The third kappa shape index (κ3) is 3.98. The first-order valence-corrected chi connectivity index (χ1v) is 8.46. The standard InChI is InChI=1S/C16H14FIN4O3/c17-12-5-9(18)1-2-13(12)21-14-6-19-4-3-11(14)15(23)20-10-7-22(8-10)16(24)25/h1-6,10,21H,7-8H2,(H,20,23)(H,24,25). The predicted molar refractivity (Wildman–Crippen MR) is 97.5 cm³/mol. The van der Waals surface area contributed by atoms with Gasteiger partial charge in [0, 0.05) is 22.9 Å². The smallest absolute Gasteiger partial charge is 0.407 e. The number of rotatable bonds is 4. The van der Waals surface area contributed by atoms with Crippen molar-refractivity contribution in [3.8, 4) is 0 Å². The Morgan fingerprint density at radius 2 is 2.04 bits per heavy atom. The van der Waals surface area contributed by atoms with Crippen molar-refractivity contribution >= 4 is 46.0 Å². The van der Waals surface area contributed by atoms with Crippen molar-refractivity contribution in [3.63, 3.8) is 0 Å². The van der Waals surface area contributed by atoms with Crippen molar-refractivity contribution in [2.45, 2.75) is 6.04 Å². The predicted octanol–water partition coefficient (Wildman–Crippen LogP) is 2.66. The number of hydrogen-bond acceptors (Lipinski definition) is 4. The second-order valence-corrected chi connectivity index (χ2v) is 6.77. The number of carbonyl (C=O) groups is 2. The Morgan fingerprint density at radius 3 is 2.72 bits per heavy atom. The summed E-state index contributed by atoms with van der Waals surface area (Å²) < 4.78 is 14.8. The molecule has 0 atom stereocenters. The van der Waals surface area contributed by atoms with E-state index in [2.05, 4.69) is 15.6 Å². The Balaban J connectivity index is 1.72. The van der Waals surface area contributed by atoms with E-state index in [0.29, 0.717) is 11.3 Å². The molecule has 2 heterocycles. The second-order valence-electron chi connectivity index (χ2n) is 5.53. The second kappa shape index (κ2) is 7.21. The summed E-state index contributed by atoms with van der Waals surface area (Å²) >= 11 is 2.01. The number of halogens is 2. The molecule has 9 heteroatoms. The number of carbonyl (C=O) groups excluding carboxylic acids is 1. The summed E-state index contributed by atoms with van der Waals surface area (Å²) in [6, 6.07) is 6.00. The fourth-order valence-electron chi connectivity index (χ4n) is 2.42. The van der Waals surface area contributed by atoms with E-state index in [1.165, 1.54) is 29.4 Å². The molecule has 3 rings (SSSR count). The molecule has 0 unspecified atom stereocenters. The van der Waals surface area contributed by atoms with Crippen LogP contribution in [0.4, 0.5) is 20.6 Å². The van der Waals surface area contributed by atoms with Crippen LogP contribution < -0.4 is 10.6 Å². The van der Waals surface area contributed by atoms with Gasteiger partial charge in [0.15, 0.2) is 0 Å². The van der Waals surface area contributed by atoms with Crippen LogP contribution in [0.5, 0.6) is 0 Å². The van der Waals surface area contributed by atoms with Crippen LogP contribution in [0.3, 0.4) is 0 Å². The van der Waals surface area contributed by atoms with E-state index in [-0.39, 0.29) is 30.7 Å². The number of anilines is 2. The summed E-state index contributed by atoms with van der Waals surface area (Å²) in [5, 5.41) is 14.5. The van der Waals surface area contributed by atoms with Gasteiger partial charge in [-0.15, -0.1) is 0 Å². The summed E-state index contributed by atoms with van der Waals surface area (Å²) in [4.78, 5) is 28.4. The van der Waals surface area contributed by atoms with Crippen LogP contribution in [0.2, 0.25) is 0 Å². The van der Waals surface area contributed by atoms with Gasteiger partial charge in [-0.05, 0) is 46.9 Å². The Morgan fingerprint density at radius 1 is 1.28 bits per heavy atom. The van der Waals surface area contributed by atoms with E-state index < -0.39 is 11.9 Å². The molecule has 0 bridgehead atoms. The number of amides is 2. The molecule has 2 aromatic rings. The molecular formula is C16H14FIN4O3. The number of carboxylic acid groups (broad SMARTS) is 1. The first-order chi connectivity index (χ1) is 11.9. The molecule has 0 saturated carbocycles. The molecule has 1 aromatic carbocycles. The summed E-state index contributed by atoms with van der Waals surface area (Å²) in [7, 11) is 0. The van der Waals surface area contributed by atoms with Gasteiger partial charge in [-0.2, -0.15) is 0 Å². The molecule has 3 N–H and O–H groups in total. The number of benzene rings is 1. The average molecular weight is 456 g/mol. The molecule has 2 amide bonds. The Labute approximate surface area is 156 Å². The van der Waals surface area contributed by atoms with Gasteiger partial charge in [0.25, 0.3) is 5.91 Å². The fraction of sp³-hybridized carbons (Fsp3) is 0.188. The SMILES string of the molecule is O=C(NC1CN(C(=O)O)C1)c1ccncc1Nc1ccc(I)cc1F. The lowest BCUT2D eigenvalue weighted by Crippen LogP contribution is -2.60. The topological polar surface area (TPSA) is 94.6 Å². The van der Waals surface area contributed by atoms with Crippen LogP contribution in [0.15, 0.2) is 36.7 Å². The van der Waals surface area contributed by atoms with E-state index in [1.54, 1.807) is 12.1 Å². The van der Waals surface area contributed by atoms with Crippen molar-refractivity contribution in [2.24, 2.45) is 0 Å². The molecule has 130 valence electrons. The van der Waals surface area contributed by atoms with Crippen molar-refractivity contribution < 1.29 is 19.1 Å². The van der Waals surface area contributed by atoms with E-state index in [4.69, 9.17) is 5.11 Å². The highest BCUT2D eigenvalue weighted by molar-refractivity contribution is 14.1. The fourth-order valence-corrected chi connectivity index (χ4v) is 2.87. The number of nitrogens with one attached hydrogen (secondary N) is 2. The average Bonchev–Trinajstić information content (AvgIpc) is 2.53. The maximum absolute atomic E-state index is 14.0. The molecule has 7 nitrogen and oxygen atoms in total. The van der Waals surface area contributed by atoms with Crippen molar-refractivity contribution in [2.75, 3.05) is 18.4 Å². The molecule has 25 heavy (non-hydrogen) atoms. The molecule has 0 aliphatic carbocycles. The molecule has 0 spiro atoms.